The normalized spacial score (nSPS) is 31.1. The van der Waals surface area contributed by atoms with Crippen LogP contribution in [0.2, 0.25) is 0 Å². The number of hydrogen-bond acceptors (Lipinski definition) is 21. The zero-order valence-corrected chi connectivity index (χ0v) is 53.2. The lowest BCUT2D eigenvalue weighted by Gasteiger charge is -2.32. The van der Waals surface area contributed by atoms with E-state index in [9.17, 15) is 97.5 Å². The van der Waals surface area contributed by atoms with Crippen LogP contribution in [0, 0.1) is 0 Å². The molecule has 10 saturated heterocycles. The molecule has 0 aromatic rings. The summed E-state index contributed by atoms with van der Waals surface area (Å²) in [6, 6.07) is -10.8. The number of likely N-dealkylation sites (tertiary alicyclic amines) is 9. The Bertz CT molecular complexity index is 3080. The molecule has 12 N–H and O–H groups in total. The van der Waals surface area contributed by atoms with Crippen LogP contribution < -0.4 is 31.9 Å². The van der Waals surface area contributed by atoms with Crippen LogP contribution in [0.3, 0.4) is 0 Å². The van der Waals surface area contributed by atoms with Crippen molar-refractivity contribution in [3.63, 3.8) is 0 Å². The Morgan fingerprint density at radius 1 is 0.302 bits per heavy atom. The topological polar surface area (TPSA) is 479 Å². The van der Waals surface area contributed by atoms with Gasteiger partial charge in [-0.3, -0.25) is 71.9 Å². The number of aliphatic carboxylic acids is 1. The zero-order chi connectivity index (χ0) is 69.0. The van der Waals surface area contributed by atoms with E-state index in [1.165, 1.54) is 24.5 Å². The summed E-state index contributed by atoms with van der Waals surface area (Å²) in [5.41, 5.74) is 0. The van der Waals surface area contributed by atoms with Crippen molar-refractivity contribution in [2.24, 2.45) is 0 Å². The van der Waals surface area contributed by atoms with E-state index in [0.717, 1.165) is 26.0 Å². The number of aliphatic hydroxyl groups excluding tert-OH is 5. The Balaban J connectivity index is 0.677. The summed E-state index contributed by atoms with van der Waals surface area (Å²) >= 11 is 0. The van der Waals surface area contributed by atoms with Gasteiger partial charge in [-0.15, -0.1) is 0 Å². The SMILES string of the molecule is O=C(O)CNC(=O)[C@@H]1CC(O)CN1C(=O)[C@@H]1CCCN1C(=O)CNC(=O)[C@@H]1CC(O)CN1C(=O)[C@@H]1CCCN1C(=O)CNC(=O)[C@@H]1CC(O)CN1C(=O)[C@@H]1CCCN1C(=O)CNC(=O)[C@@H]1CC(O)CN1C(=O)[C@@H]1CCCN1C(=O)CNC(=O)[C@@H]1CC(O)CN1C(=O)[C@@H]1CCCN1. The minimum atomic E-state index is -1.31. The maximum absolute atomic E-state index is 14.3. The maximum Gasteiger partial charge on any atom is 0.322 e. The van der Waals surface area contributed by atoms with Gasteiger partial charge in [-0.25, -0.2) is 0 Å². The molecule has 0 saturated carbocycles. The van der Waals surface area contributed by atoms with Crippen LogP contribution in [0.25, 0.3) is 0 Å². The molecule has 0 aromatic heterocycles. The minimum absolute atomic E-state index is 0.0126. The maximum atomic E-state index is 14.3. The van der Waals surface area contributed by atoms with E-state index in [1.54, 1.807) is 0 Å². The summed E-state index contributed by atoms with van der Waals surface area (Å²) < 4.78 is 0. The Morgan fingerprint density at radius 2 is 0.542 bits per heavy atom. The van der Waals surface area contributed by atoms with E-state index in [2.05, 4.69) is 31.9 Å². The first-order valence-corrected chi connectivity index (χ1v) is 33.2. The highest BCUT2D eigenvalue weighted by atomic mass is 16.4. The predicted octanol–water partition coefficient (Wildman–Crippen LogP) is -9.82. The molecule has 528 valence electrons. The van der Waals surface area contributed by atoms with Gasteiger partial charge in [0.2, 0.25) is 82.7 Å². The summed E-state index contributed by atoms with van der Waals surface area (Å²) in [6.45, 7) is -3.13. The van der Waals surface area contributed by atoms with Gasteiger partial charge < -0.3 is 107 Å². The summed E-state index contributed by atoms with van der Waals surface area (Å²) in [5.74, 6) is -10.7. The fourth-order valence-corrected chi connectivity index (χ4v) is 15.5. The van der Waals surface area contributed by atoms with Crippen molar-refractivity contribution in [2.45, 2.75) is 187 Å². The summed E-state index contributed by atoms with van der Waals surface area (Å²) in [6.07, 6.45) is -2.63. The Morgan fingerprint density at radius 3 is 0.771 bits per heavy atom. The molecule has 10 aliphatic rings. The standard InChI is InChI=1S/C60H87N15O21/c76-31-16-41(71(26-31)56(92)36-6-1-11-61-36)51(87)62-21-46(81)67-12-2-7-37(67)57(93)72-27-32(77)17-42(72)52(88)63-22-47(82)68-13-3-8-38(68)58(94)73-28-33(78)18-43(73)53(89)64-23-48(83)69-14-4-9-39(69)59(95)74-29-34(79)19-44(74)54(90)65-24-49(84)70-15-5-10-40(70)60(96)75-30-35(80)20-45(75)55(91)66-25-50(85)86/h31-45,61,76-80H,1-30H2,(H,62,87)(H,63,88)(H,64,89)(H,65,90)(H,66,91)(H,85,86)/t31?,32?,33?,34?,35?,36-,37-,38-,39-,40-,41-,42-,43-,44-,45-/m0/s1. The van der Waals surface area contributed by atoms with Gasteiger partial charge in [0.05, 0.1) is 62.7 Å². The van der Waals surface area contributed by atoms with Gasteiger partial charge in [-0.05, 0) is 70.8 Å². The smallest absolute Gasteiger partial charge is 0.322 e. The highest BCUT2D eigenvalue weighted by molar-refractivity contribution is 6.00. The van der Waals surface area contributed by atoms with Crippen molar-refractivity contribution in [3.8, 4) is 0 Å². The average molecular weight is 1350 g/mol. The van der Waals surface area contributed by atoms with Crippen molar-refractivity contribution in [3.05, 3.63) is 0 Å². The van der Waals surface area contributed by atoms with Crippen molar-refractivity contribution in [1.82, 2.24) is 76.0 Å². The second kappa shape index (κ2) is 30.5. The molecule has 36 nitrogen and oxygen atoms in total. The Labute approximate surface area is 551 Å². The van der Waals surface area contributed by atoms with E-state index in [0.29, 0.717) is 38.6 Å². The second-order valence-electron chi connectivity index (χ2n) is 26.6. The first-order chi connectivity index (χ1) is 45.8. The van der Waals surface area contributed by atoms with Gasteiger partial charge in [-0.1, -0.05) is 0 Å². The number of carbonyl (C=O) groups excluding carboxylic acids is 14. The molecule has 0 bridgehead atoms. The van der Waals surface area contributed by atoms with Gasteiger partial charge in [0.15, 0.2) is 0 Å². The zero-order valence-electron chi connectivity index (χ0n) is 53.2. The number of β-amino-alcohol motifs (C(OH)–C–C–N with tert-alkyl or cyclic N) is 5. The van der Waals surface area contributed by atoms with E-state index >= 15 is 0 Å². The average Bonchev–Trinajstić information content (AvgIpc) is 1.66. The molecule has 10 heterocycles. The number of aliphatic hydroxyl groups is 5. The summed E-state index contributed by atoms with van der Waals surface area (Å²) in [5, 5.41) is 77.4. The molecule has 0 aliphatic carbocycles. The fourth-order valence-electron chi connectivity index (χ4n) is 15.5. The lowest BCUT2D eigenvalue weighted by atomic mass is 10.1. The van der Waals surface area contributed by atoms with Crippen LogP contribution in [0.5, 0.6) is 0 Å². The van der Waals surface area contributed by atoms with Gasteiger partial charge in [0.1, 0.15) is 60.9 Å². The third kappa shape index (κ3) is 15.5. The molecule has 0 radical (unpaired) electrons. The van der Waals surface area contributed by atoms with Crippen molar-refractivity contribution < 1.29 is 103 Å². The molecule has 36 heteroatoms. The third-order valence-electron chi connectivity index (χ3n) is 20.2. The van der Waals surface area contributed by atoms with Gasteiger partial charge >= 0.3 is 5.97 Å². The van der Waals surface area contributed by atoms with Crippen LogP contribution in [0.4, 0.5) is 0 Å². The quantitative estimate of drug-likeness (QED) is 0.0538. The fraction of sp³-hybridized carbons (Fsp3) is 0.750. The first-order valence-electron chi connectivity index (χ1n) is 33.2. The van der Waals surface area contributed by atoms with Crippen molar-refractivity contribution in [2.75, 3.05) is 98.2 Å². The molecule has 10 aliphatic heterocycles. The molecular formula is C60H87N15O21. The lowest BCUT2D eigenvalue weighted by molar-refractivity contribution is -0.148. The number of nitrogens with zero attached hydrogens (tertiary/aromatic N) is 9. The molecule has 10 rings (SSSR count). The minimum Gasteiger partial charge on any atom is -0.480 e. The highest BCUT2D eigenvalue weighted by Gasteiger charge is 2.51. The predicted molar refractivity (Wildman–Crippen MR) is 323 cm³/mol. The van der Waals surface area contributed by atoms with Gasteiger partial charge in [-0.2, -0.15) is 0 Å². The lowest BCUT2D eigenvalue weighted by Crippen LogP contribution is -2.57. The van der Waals surface area contributed by atoms with Crippen LogP contribution in [-0.4, -0.2) is 353 Å². The number of hydrogen-bond donors (Lipinski definition) is 12. The number of nitrogens with one attached hydrogen (secondary N) is 6. The van der Waals surface area contributed by atoms with Crippen molar-refractivity contribution in [1.29, 1.82) is 0 Å². The van der Waals surface area contributed by atoms with Crippen molar-refractivity contribution >= 4 is 88.7 Å². The first kappa shape index (κ1) is 70.6. The van der Waals surface area contributed by atoms with Crippen LogP contribution in [-0.2, 0) is 71.9 Å². The van der Waals surface area contributed by atoms with E-state index in [1.807, 2.05) is 0 Å². The van der Waals surface area contributed by atoms with E-state index in [4.69, 9.17) is 5.11 Å². The number of rotatable bonds is 20. The molecule has 5 unspecified atom stereocenters. The van der Waals surface area contributed by atoms with E-state index < -0.39 is 206 Å². The number of amides is 14. The Hall–Kier alpha value is -8.19. The molecule has 14 amide bonds. The molecule has 96 heavy (non-hydrogen) atoms. The highest BCUT2D eigenvalue weighted by Crippen LogP contribution is 2.31. The second-order valence-corrected chi connectivity index (χ2v) is 26.6. The molecular weight excluding hydrogens is 1270 g/mol. The monoisotopic (exact) mass is 1350 g/mol. The van der Waals surface area contributed by atoms with Crippen LogP contribution in [0.1, 0.15) is 96.3 Å². The summed E-state index contributed by atoms with van der Waals surface area (Å²) in [7, 11) is 0. The van der Waals surface area contributed by atoms with Crippen LogP contribution >= 0.6 is 0 Å². The van der Waals surface area contributed by atoms with Gasteiger partial charge in [0.25, 0.3) is 0 Å². The van der Waals surface area contributed by atoms with Crippen LogP contribution in [0.15, 0.2) is 0 Å². The largest absolute Gasteiger partial charge is 0.480 e. The molecule has 0 aromatic carbocycles. The molecule has 10 fully saturated rings. The Kier molecular flexibility index (Phi) is 22.4. The molecule has 0 spiro atoms. The number of carboxylic acid groups (broad SMARTS) is 1. The molecule has 15 atom stereocenters. The summed E-state index contributed by atoms with van der Waals surface area (Å²) in [4.78, 5) is 214. The van der Waals surface area contributed by atoms with E-state index in [-0.39, 0.29) is 123 Å². The van der Waals surface area contributed by atoms with Gasteiger partial charge in [0, 0.05) is 91.0 Å². The third-order valence-corrected chi connectivity index (χ3v) is 20.2. The number of carboxylic acids is 1. The number of carbonyl (C=O) groups is 15.